The highest BCUT2D eigenvalue weighted by Crippen LogP contribution is 2.43. The standard InChI is InChI=1S/C34H61ClN4/c1-5-6-7-8-9-10-11-12-13-14-15-16-17-18-19-20-21-23-26-33(2,3)32-37-36-31-29(35)30(38-39(31)32)34(4)27-24-22-25-28-34/h38H,5-28H2,1-4H3. The molecule has 5 heteroatoms. The molecule has 3 rings (SSSR count). The number of unbranched alkanes of at least 4 members (excludes halogenated alkanes) is 17. The molecular formula is C34H61ClN4. The second-order valence-corrected chi connectivity index (χ2v) is 14.1. The lowest BCUT2D eigenvalue weighted by atomic mass is 9.73. The number of aromatic nitrogens is 4. The number of halogens is 1. The fourth-order valence-electron chi connectivity index (χ4n) is 6.81. The van der Waals surface area contributed by atoms with Gasteiger partial charge in [0.25, 0.3) is 0 Å². The van der Waals surface area contributed by atoms with Gasteiger partial charge >= 0.3 is 0 Å². The van der Waals surface area contributed by atoms with Gasteiger partial charge in [0.15, 0.2) is 11.5 Å². The summed E-state index contributed by atoms with van der Waals surface area (Å²) in [5.41, 5.74) is 2.08. The zero-order valence-electron chi connectivity index (χ0n) is 26.2. The van der Waals surface area contributed by atoms with E-state index in [0.29, 0.717) is 0 Å². The molecule has 0 saturated heterocycles. The Morgan fingerprint density at radius 1 is 0.718 bits per heavy atom. The van der Waals surface area contributed by atoms with Crippen LogP contribution in [0.2, 0.25) is 5.02 Å². The average Bonchev–Trinajstić information content (AvgIpc) is 3.49. The van der Waals surface area contributed by atoms with Gasteiger partial charge in [-0.1, -0.05) is 174 Å². The first-order valence-corrected chi connectivity index (χ1v) is 17.4. The van der Waals surface area contributed by atoms with Crippen molar-refractivity contribution >= 4 is 17.2 Å². The number of aromatic amines is 1. The highest BCUT2D eigenvalue weighted by molar-refractivity contribution is 6.34. The molecule has 39 heavy (non-hydrogen) atoms. The van der Waals surface area contributed by atoms with Crippen LogP contribution in [-0.2, 0) is 10.8 Å². The Bertz CT molecular complexity index is 921. The molecular weight excluding hydrogens is 500 g/mol. The summed E-state index contributed by atoms with van der Waals surface area (Å²) in [6, 6.07) is 0. The highest BCUT2D eigenvalue weighted by Gasteiger charge is 2.36. The molecule has 0 aromatic carbocycles. The first-order valence-electron chi connectivity index (χ1n) is 17.0. The van der Waals surface area contributed by atoms with E-state index in [2.05, 4.69) is 47.5 Å². The molecule has 1 fully saturated rings. The molecule has 0 amide bonds. The Morgan fingerprint density at radius 3 is 1.67 bits per heavy atom. The van der Waals surface area contributed by atoms with E-state index in [-0.39, 0.29) is 10.8 Å². The van der Waals surface area contributed by atoms with E-state index in [9.17, 15) is 0 Å². The number of nitrogens with one attached hydrogen (secondary N) is 1. The Labute approximate surface area is 245 Å². The Hall–Kier alpha value is -1.03. The van der Waals surface area contributed by atoms with Crippen LogP contribution in [0, 0.1) is 0 Å². The van der Waals surface area contributed by atoms with E-state index in [1.807, 2.05) is 0 Å². The maximum Gasteiger partial charge on any atom is 0.196 e. The Morgan fingerprint density at radius 2 is 1.18 bits per heavy atom. The fourth-order valence-corrected chi connectivity index (χ4v) is 7.20. The molecule has 0 spiro atoms. The van der Waals surface area contributed by atoms with Gasteiger partial charge in [0.1, 0.15) is 5.02 Å². The van der Waals surface area contributed by atoms with Crippen molar-refractivity contribution in [1.82, 2.24) is 19.8 Å². The van der Waals surface area contributed by atoms with Gasteiger partial charge in [0.2, 0.25) is 0 Å². The second-order valence-electron chi connectivity index (χ2n) is 13.7. The quantitative estimate of drug-likeness (QED) is 0.154. The smallest absolute Gasteiger partial charge is 0.196 e. The number of hydrogen-bond donors (Lipinski definition) is 1. The van der Waals surface area contributed by atoms with E-state index in [0.717, 1.165) is 22.9 Å². The first-order chi connectivity index (χ1) is 18.9. The summed E-state index contributed by atoms with van der Waals surface area (Å²) in [4.78, 5) is 0. The van der Waals surface area contributed by atoms with Crippen LogP contribution in [0.4, 0.5) is 0 Å². The zero-order valence-corrected chi connectivity index (χ0v) is 26.9. The van der Waals surface area contributed by atoms with Crippen LogP contribution in [-0.4, -0.2) is 19.8 Å². The topological polar surface area (TPSA) is 46.0 Å². The normalized spacial score (nSPS) is 15.9. The number of hydrogen-bond acceptors (Lipinski definition) is 2. The van der Waals surface area contributed by atoms with Crippen molar-refractivity contribution in [2.24, 2.45) is 0 Å². The van der Waals surface area contributed by atoms with Gasteiger partial charge in [0, 0.05) is 10.8 Å². The number of nitrogens with zero attached hydrogens (tertiary/aromatic N) is 3. The van der Waals surface area contributed by atoms with Crippen LogP contribution in [0.3, 0.4) is 0 Å². The summed E-state index contributed by atoms with van der Waals surface area (Å²) < 4.78 is 2.09. The number of rotatable bonds is 21. The number of fused-ring (bicyclic) bond motifs is 1. The first kappa shape index (κ1) is 32.5. The molecule has 1 N–H and O–H groups in total. The van der Waals surface area contributed by atoms with Crippen molar-refractivity contribution in [3.05, 3.63) is 16.5 Å². The van der Waals surface area contributed by atoms with Crippen molar-refractivity contribution in [3.8, 4) is 0 Å². The molecule has 0 aliphatic heterocycles. The van der Waals surface area contributed by atoms with Gasteiger partial charge in [-0.25, -0.2) is 4.52 Å². The number of H-pyrrole nitrogens is 1. The van der Waals surface area contributed by atoms with Gasteiger partial charge in [-0.2, -0.15) is 0 Å². The summed E-state index contributed by atoms with van der Waals surface area (Å²) in [6.45, 7) is 9.29. The van der Waals surface area contributed by atoms with E-state index in [1.54, 1.807) is 0 Å². The summed E-state index contributed by atoms with van der Waals surface area (Å²) in [6.07, 6.45) is 32.9. The van der Waals surface area contributed by atoms with Crippen LogP contribution in [0.15, 0.2) is 0 Å². The summed E-state index contributed by atoms with van der Waals surface area (Å²) in [7, 11) is 0. The molecule has 0 bridgehead atoms. The minimum absolute atomic E-state index is 0.0204. The third-order valence-electron chi connectivity index (χ3n) is 9.62. The molecule has 0 radical (unpaired) electrons. The lowest BCUT2D eigenvalue weighted by molar-refractivity contribution is 0.310. The monoisotopic (exact) mass is 560 g/mol. The van der Waals surface area contributed by atoms with Crippen LogP contribution in [0.1, 0.15) is 193 Å². The third kappa shape index (κ3) is 10.1. The van der Waals surface area contributed by atoms with Crippen molar-refractivity contribution in [2.75, 3.05) is 0 Å². The molecule has 224 valence electrons. The lowest BCUT2D eigenvalue weighted by Gasteiger charge is -2.32. The van der Waals surface area contributed by atoms with Crippen LogP contribution < -0.4 is 0 Å². The molecule has 0 atom stereocenters. The van der Waals surface area contributed by atoms with Crippen LogP contribution in [0.25, 0.3) is 5.65 Å². The molecule has 1 aliphatic rings. The third-order valence-corrected chi connectivity index (χ3v) is 9.98. The maximum absolute atomic E-state index is 6.85. The molecule has 2 aromatic rings. The highest BCUT2D eigenvalue weighted by atomic mass is 35.5. The van der Waals surface area contributed by atoms with Crippen LogP contribution in [0.5, 0.6) is 0 Å². The van der Waals surface area contributed by atoms with Crippen molar-refractivity contribution in [2.45, 2.75) is 193 Å². The molecule has 4 nitrogen and oxygen atoms in total. The predicted molar refractivity (Wildman–Crippen MR) is 169 cm³/mol. The molecule has 2 heterocycles. The largest absolute Gasteiger partial charge is 0.293 e. The minimum atomic E-state index is -0.0204. The van der Waals surface area contributed by atoms with Crippen LogP contribution >= 0.6 is 11.6 Å². The van der Waals surface area contributed by atoms with Crippen molar-refractivity contribution < 1.29 is 0 Å². The fraction of sp³-hybridized carbons (Fsp3) is 0.882. The van der Waals surface area contributed by atoms with Crippen molar-refractivity contribution in [1.29, 1.82) is 0 Å². The average molecular weight is 561 g/mol. The second kappa shape index (κ2) is 17.0. The zero-order chi connectivity index (χ0) is 28.0. The van der Waals surface area contributed by atoms with E-state index < -0.39 is 0 Å². The van der Waals surface area contributed by atoms with E-state index in [4.69, 9.17) is 11.6 Å². The van der Waals surface area contributed by atoms with Gasteiger partial charge in [0.05, 0.1) is 5.69 Å². The Balaban J connectivity index is 1.24. The predicted octanol–water partition coefficient (Wildman–Crippen LogP) is 11.6. The summed E-state index contributed by atoms with van der Waals surface area (Å²) in [5, 5.41) is 13.5. The summed E-state index contributed by atoms with van der Waals surface area (Å²) >= 11 is 6.85. The molecule has 0 unspecified atom stereocenters. The molecule has 1 aliphatic carbocycles. The maximum atomic E-state index is 6.85. The van der Waals surface area contributed by atoms with Gasteiger partial charge < -0.3 is 0 Å². The van der Waals surface area contributed by atoms with Gasteiger partial charge in [-0.3, -0.25) is 5.10 Å². The molecule has 2 aromatic heterocycles. The lowest BCUT2D eigenvalue weighted by Crippen LogP contribution is -2.27. The van der Waals surface area contributed by atoms with E-state index >= 15 is 0 Å². The molecule has 1 saturated carbocycles. The SMILES string of the molecule is CCCCCCCCCCCCCCCCCCCCC(C)(C)c1nnc2c(Cl)c(C3(C)CCCCC3)[nH]n12. The Kier molecular flexibility index (Phi) is 14.2. The summed E-state index contributed by atoms with van der Waals surface area (Å²) in [5.74, 6) is 1.03. The van der Waals surface area contributed by atoms with Gasteiger partial charge in [-0.05, 0) is 19.3 Å². The van der Waals surface area contributed by atoms with Gasteiger partial charge in [-0.15, -0.1) is 10.2 Å². The minimum Gasteiger partial charge on any atom is -0.293 e. The van der Waals surface area contributed by atoms with Crippen molar-refractivity contribution in [3.63, 3.8) is 0 Å². The van der Waals surface area contributed by atoms with E-state index in [1.165, 1.54) is 153 Å².